The van der Waals surface area contributed by atoms with E-state index < -0.39 is 0 Å². The van der Waals surface area contributed by atoms with Crippen LogP contribution in [0.4, 0.5) is 0 Å². The fourth-order valence-corrected chi connectivity index (χ4v) is 0.407. The second-order valence-electron chi connectivity index (χ2n) is 1.51. The fourth-order valence-electron chi connectivity index (χ4n) is 0.407. The summed E-state index contributed by atoms with van der Waals surface area (Å²) in [7, 11) is 1.00. The summed E-state index contributed by atoms with van der Waals surface area (Å²) in [6, 6.07) is 0. The molecule has 0 fully saturated rings. The lowest BCUT2D eigenvalue weighted by Crippen LogP contribution is -1.64. The Bertz CT molecular complexity index is 49.6. The van der Waals surface area contributed by atoms with E-state index in [1.54, 1.807) is 0 Å². The van der Waals surface area contributed by atoms with Crippen molar-refractivity contribution in [2.75, 3.05) is 7.11 Å². The van der Waals surface area contributed by atoms with E-state index in [1.807, 2.05) is 12.2 Å². The highest BCUT2D eigenvalue weighted by atomic mass is 16.2. The number of rotatable bonds is 4. The molecule has 0 spiro atoms. The van der Waals surface area contributed by atoms with Crippen molar-refractivity contribution < 1.29 is 5.11 Å². The largest absolute Gasteiger partial charge is 0.400 e. The minimum Gasteiger partial charge on any atom is -0.400 e. The fraction of sp³-hybridized carbons (Fsp3) is 0.500. The van der Waals surface area contributed by atoms with Gasteiger partial charge >= 0.3 is 0 Å². The molecule has 1 nitrogen and oxygen atoms in total. The average Bonchev–Trinajstić information content (AvgIpc) is 1.94. The summed E-state index contributed by atoms with van der Waals surface area (Å²) in [5.41, 5.74) is 0. The van der Waals surface area contributed by atoms with Crippen LogP contribution in [-0.4, -0.2) is 12.2 Å². The van der Waals surface area contributed by atoms with Crippen molar-refractivity contribution in [1.82, 2.24) is 0 Å². The summed E-state index contributed by atoms with van der Waals surface area (Å²) in [6.07, 6.45) is 7.30. The molecular formula is C8H16O. The number of aliphatic hydroxyl groups is 1. The SMILES string of the molecule is C=CCCCC=C.CO. The first-order valence-corrected chi connectivity index (χ1v) is 3.08. The number of unbranched alkanes of at least 4 members (excludes halogenated alkanes) is 2. The molecule has 0 aromatic rings. The first kappa shape index (κ1) is 11.3. The first-order valence-electron chi connectivity index (χ1n) is 3.08. The van der Waals surface area contributed by atoms with E-state index in [2.05, 4.69) is 13.2 Å². The van der Waals surface area contributed by atoms with Gasteiger partial charge in [0.1, 0.15) is 0 Å². The Morgan fingerprint density at radius 2 is 1.44 bits per heavy atom. The minimum atomic E-state index is 1.00. The molecule has 0 aliphatic heterocycles. The monoisotopic (exact) mass is 128 g/mol. The van der Waals surface area contributed by atoms with Crippen molar-refractivity contribution in [2.24, 2.45) is 0 Å². The molecule has 0 bridgehead atoms. The lowest BCUT2D eigenvalue weighted by molar-refractivity contribution is 0.399. The van der Waals surface area contributed by atoms with Gasteiger partial charge in [-0.1, -0.05) is 12.2 Å². The molecule has 0 amide bonds. The van der Waals surface area contributed by atoms with Crippen molar-refractivity contribution in [3.8, 4) is 0 Å². The molecule has 54 valence electrons. The second-order valence-corrected chi connectivity index (χ2v) is 1.51. The van der Waals surface area contributed by atoms with Crippen LogP contribution in [0.5, 0.6) is 0 Å². The highest BCUT2D eigenvalue weighted by Gasteiger charge is 1.74. The van der Waals surface area contributed by atoms with Gasteiger partial charge in [-0.15, -0.1) is 13.2 Å². The Kier molecular flexibility index (Phi) is 19.6. The Morgan fingerprint density at radius 3 is 1.67 bits per heavy atom. The topological polar surface area (TPSA) is 20.2 Å². The maximum Gasteiger partial charge on any atom is 0.0319 e. The Morgan fingerprint density at radius 1 is 1.11 bits per heavy atom. The lowest BCUT2D eigenvalue weighted by atomic mass is 10.2. The van der Waals surface area contributed by atoms with Crippen molar-refractivity contribution in [1.29, 1.82) is 0 Å². The van der Waals surface area contributed by atoms with Gasteiger partial charge < -0.3 is 5.11 Å². The zero-order valence-electron chi connectivity index (χ0n) is 6.14. The Hall–Kier alpha value is -0.560. The van der Waals surface area contributed by atoms with Crippen LogP contribution in [-0.2, 0) is 0 Å². The van der Waals surface area contributed by atoms with Crippen LogP contribution in [0.3, 0.4) is 0 Å². The normalized spacial score (nSPS) is 6.89. The zero-order chi connectivity index (χ0) is 7.54. The molecule has 1 N–H and O–H groups in total. The highest BCUT2D eigenvalue weighted by Crippen LogP contribution is 1.93. The molecule has 0 aromatic heterocycles. The van der Waals surface area contributed by atoms with E-state index in [0.717, 1.165) is 20.0 Å². The third-order valence-electron chi connectivity index (χ3n) is 0.816. The van der Waals surface area contributed by atoms with Crippen LogP contribution in [0, 0.1) is 0 Å². The average molecular weight is 128 g/mol. The van der Waals surface area contributed by atoms with Gasteiger partial charge in [0.25, 0.3) is 0 Å². The molecule has 0 saturated carbocycles. The van der Waals surface area contributed by atoms with Gasteiger partial charge in [0.05, 0.1) is 0 Å². The summed E-state index contributed by atoms with van der Waals surface area (Å²) < 4.78 is 0. The van der Waals surface area contributed by atoms with E-state index in [4.69, 9.17) is 5.11 Å². The van der Waals surface area contributed by atoms with E-state index in [9.17, 15) is 0 Å². The molecule has 0 unspecified atom stereocenters. The van der Waals surface area contributed by atoms with Gasteiger partial charge in [0.2, 0.25) is 0 Å². The highest BCUT2D eigenvalue weighted by molar-refractivity contribution is 4.71. The minimum absolute atomic E-state index is 1.00. The number of hydrogen-bond acceptors (Lipinski definition) is 1. The molecule has 0 aliphatic carbocycles. The third kappa shape index (κ3) is 18.6. The standard InChI is InChI=1S/C7H12.CH4O/c1-3-5-7-6-4-2;1-2/h3-4H,1-2,5-7H2;2H,1H3. The smallest absolute Gasteiger partial charge is 0.0319 e. The van der Waals surface area contributed by atoms with Crippen LogP contribution in [0.25, 0.3) is 0 Å². The van der Waals surface area contributed by atoms with Crippen molar-refractivity contribution in [3.05, 3.63) is 25.3 Å². The maximum atomic E-state index is 7.00. The summed E-state index contributed by atoms with van der Waals surface area (Å²) in [5.74, 6) is 0. The zero-order valence-corrected chi connectivity index (χ0v) is 6.14. The van der Waals surface area contributed by atoms with Crippen molar-refractivity contribution in [3.63, 3.8) is 0 Å². The number of allylic oxidation sites excluding steroid dienone is 2. The van der Waals surface area contributed by atoms with Crippen LogP contribution in [0.1, 0.15) is 19.3 Å². The molecule has 0 heterocycles. The third-order valence-corrected chi connectivity index (χ3v) is 0.816. The van der Waals surface area contributed by atoms with Crippen LogP contribution >= 0.6 is 0 Å². The molecular weight excluding hydrogens is 112 g/mol. The van der Waals surface area contributed by atoms with E-state index in [1.165, 1.54) is 6.42 Å². The predicted octanol–water partition coefficient (Wildman–Crippen LogP) is 2.14. The molecule has 1 heteroatoms. The van der Waals surface area contributed by atoms with Gasteiger partial charge in [0.15, 0.2) is 0 Å². The molecule has 0 aromatic carbocycles. The van der Waals surface area contributed by atoms with Crippen molar-refractivity contribution >= 4 is 0 Å². The summed E-state index contributed by atoms with van der Waals surface area (Å²) >= 11 is 0. The first-order chi connectivity index (χ1) is 4.41. The Balaban J connectivity index is 0. The summed E-state index contributed by atoms with van der Waals surface area (Å²) in [6.45, 7) is 7.20. The molecule has 0 radical (unpaired) electrons. The predicted molar refractivity (Wildman–Crippen MR) is 42.4 cm³/mol. The summed E-state index contributed by atoms with van der Waals surface area (Å²) in [4.78, 5) is 0. The quantitative estimate of drug-likeness (QED) is 0.454. The van der Waals surface area contributed by atoms with Gasteiger partial charge in [-0.2, -0.15) is 0 Å². The van der Waals surface area contributed by atoms with Crippen LogP contribution in [0.15, 0.2) is 25.3 Å². The molecule has 0 saturated heterocycles. The van der Waals surface area contributed by atoms with Gasteiger partial charge in [-0.3, -0.25) is 0 Å². The van der Waals surface area contributed by atoms with E-state index >= 15 is 0 Å². The lowest BCUT2D eigenvalue weighted by Gasteiger charge is -1.84. The van der Waals surface area contributed by atoms with E-state index in [-0.39, 0.29) is 0 Å². The number of aliphatic hydroxyl groups excluding tert-OH is 1. The summed E-state index contributed by atoms with van der Waals surface area (Å²) in [5, 5.41) is 7.00. The van der Waals surface area contributed by atoms with Crippen LogP contribution in [0.2, 0.25) is 0 Å². The van der Waals surface area contributed by atoms with E-state index in [0.29, 0.717) is 0 Å². The van der Waals surface area contributed by atoms with Gasteiger partial charge in [-0.25, -0.2) is 0 Å². The molecule has 0 rings (SSSR count). The molecule has 0 aliphatic rings. The van der Waals surface area contributed by atoms with Gasteiger partial charge in [-0.05, 0) is 19.3 Å². The number of hydrogen-bond donors (Lipinski definition) is 1. The molecule has 0 atom stereocenters. The maximum absolute atomic E-state index is 7.00. The Labute approximate surface area is 57.7 Å². The van der Waals surface area contributed by atoms with Crippen molar-refractivity contribution in [2.45, 2.75) is 19.3 Å². The second kappa shape index (κ2) is 15.7. The van der Waals surface area contributed by atoms with Crippen LogP contribution < -0.4 is 0 Å². The molecule has 9 heavy (non-hydrogen) atoms. The van der Waals surface area contributed by atoms with Gasteiger partial charge in [0, 0.05) is 7.11 Å².